The summed E-state index contributed by atoms with van der Waals surface area (Å²) < 4.78 is 38.2. The molecule has 13 heteroatoms. The Hall–Kier alpha value is -3.64. The van der Waals surface area contributed by atoms with Crippen LogP contribution in [-0.4, -0.2) is 49.6 Å². The van der Waals surface area contributed by atoms with Gasteiger partial charge in [-0.1, -0.05) is 47.5 Å². The molecule has 3 N–H and O–H groups in total. The highest BCUT2D eigenvalue weighted by Crippen LogP contribution is 2.22. The van der Waals surface area contributed by atoms with Gasteiger partial charge in [0.15, 0.2) is 6.61 Å². The molecule has 1 atom stereocenters. The molecule has 3 rings (SSSR count). The fourth-order valence-electron chi connectivity index (χ4n) is 3.63. The van der Waals surface area contributed by atoms with Crippen LogP contribution in [0.1, 0.15) is 42.3 Å². The zero-order chi connectivity index (χ0) is 31.1. The molecule has 42 heavy (non-hydrogen) atoms. The molecule has 3 aromatic carbocycles. The molecule has 0 unspecified atom stereocenters. The average molecular weight is 638 g/mol. The maximum absolute atomic E-state index is 12.8. The zero-order valence-corrected chi connectivity index (χ0v) is 25.3. The van der Waals surface area contributed by atoms with Gasteiger partial charge in [0.1, 0.15) is 17.4 Å². The van der Waals surface area contributed by atoms with Gasteiger partial charge >= 0.3 is 11.9 Å². The third kappa shape index (κ3) is 10.3. The summed E-state index contributed by atoms with van der Waals surface area (Å²) in [6.07, 6.45) is 0.000795. The fourth-order valence-corrected chi connectivity index (χ4v) is 5.37. The van der Waals surface area contributed by atoms with Gasteiger partial charge in [-0.2, -0.15) is 0 Å². The number of sulfonamides is 1. The molecule has 0 saturated carbocycles. The van der Waals surface area contributed by atoms with Crippen LogP contribution >= 0.6 is 23.2 Å². The summed E-state index contributed by atoms with van der Waals surface area (Å²) in [6, 6.07) is 15.2. The van der Waals surface area contributed by atoms with Crippen molar-refractivity contribution in [1.82, 2.24) is 10.0 Å². The molecule has 0 saturated heterocycles. The topological polar surface area (TPSA) is 148 Å². The molecule has 10 nitrogen and oxygen atoms in total. The highest BCUT2D eigenvalue weighted by Gasteiger charge is 2.22. The van der Waals surface area contributed by atoms with E-state index < -0.39 is 39.5 Å². The maximum atomic E-state index is 12.8. The number of rotatable bonds is 12. The van der Waals surface area contributed by atoms with E-state index in [-0.39, 0.29) is 40.1 Å². The van der Waals surface area contributed by atoms with Crippen LogP contribution in [0, 0.1) is 0 Å². The molecule has 0 radical (unpaired) electrons. The van der Waals surface area contributed by atoms with Crippen molar-refractivity contribution in [2.45, 2.75) is 50.3 Å². The van der Waals surface area contributed by atoms with E-state index in [1.165, 1.54) is 30.3 Å². The minimum atomic E-state index is -3.89. The minimum Gasteiger partial charge on any atom is -0.482 e. The lowest BCUT2D eigenvalue weighted by Gasteiger charge is -2.19. The summed E-state index contributed by atoms with van der Waals surface area (Å²) in [4.78, 5) is 36.3. The normalized spacial score (nSPS) is 12.3. The number of ether oxygens (including phenoxy) is 2. The van der Waals surface area contributed by atoms with Crippen molar-refractivity contribution in [2.75, 3.05) is 6.61 Å². The number of hydrogen-bond acceptors (Lipinski definition) is 7. The third-order valence-electron chi connectivity index (χ3n) is 5.57. The first-order valence-electron chi connectivity index (χ1n) is 12.6. The molecule has 0 heterocycles. The van der Waals surface area contributed by atoms with Gasteiger partial charge in [0.25, 0.3) is 5.91 Å². The van der Waals surface area contributed by atoms with Crippen molar-refractivity contribution in [3.8, 4) is 5.75 Å². The lowest BCUT2D eigenvalue weighted by Crippen LogP contribution is -2.42. The second-order valence-electron chi connectivity index (χ2n) is 10.2. The summed E-state index contributed by atoms with van der Waals surface area (Å²) in [5.41, 5.74) is 0.750. The first-order valence-corrected chi connectivity index (χ1v) is 14.9. The van der Waals surface area contributed by atoms with E-state index in [4.69, 9.17) is 32.7 Å². The standard InChI is InChI=1S/C29H30Cl2N2O8S/c1-29(2,3)41-26(34)17-40-23-10-6-18(7-11-23)12-25(28(36)37)33-27(35)20-8-4-19(5-9-20)16-32-42(38,39)24-14-21(30)13-22(31)15-24/h4-11,13-15,25,32H,12,16-17H2,1-3H3,(H,33,35)(H,36,37)/t25-/m0/s1. The highest BCUT2D eigenvalue weighted by atomic mass is 35.5. The Labute approximate surface area is 254 Å². The Morgan fingerprint density at radius 2 is 1.48 bits per heavy atom. The van der Waals surface area contributed by atoms with Crippen molar-refractivity contribution in [2.24, 2.45) is 0 Å². The van der Waals surface area contributed by atoms with Crippen LogP contribution in [0.5, 0.6) is 5.75 Å². The fraction of sp³-hybridized carbons (Fsp3) is 0.276. The summed E-state index contributed by atoms with van der Waals surface area (Å²) in [5, 5.41) is 12.5. The quantitative estimate of drug-likeness (QED) is 0.244. The number of esters is 1. The molecule has 0 aromatic heterocycles. The molecule has 1 amide bonds. The Kier molecular flexibility index (Phi) is 11.0. The highest BCUT2D eigenvalue weighted by molar-refractivity contribution is 7.89. The van der Waals surface area contributed by atoms with Crippen molar-refractivity contribution in [1.29, 1.82) is 0 Å². The number of carboxylic acids is 1. The summed E-state index contributed by atoms with van der Waals surface area (Å²) >= 11 is 11.8. The van der Waals surface area contributed by atoms with E-state index in [2.05, 4.69) is 10.0 Å². The van der Waals surface area contributed by atoms with E-state index in [1.54, 1.807) is 57.2 Å². The van der Waals surface area contributed by atoms with Crippen molar-refractivity contribution < 1.29 is 37.4 Å². The van der Waals surface area contributed by atoms with Crippen LogP contribution < -0.4 is 14.8 Å². The van der Waals surface area contributed by atoms with E-state index in [0.29, 0.717) is 16.9 Å². The molecule has 0 spiro atoms. The number of halogens is 2. The van der Waals surface area contributed by atoms with Gasteiger partial charge in [-0.25, -0.2) is 22.7 Å². The van der Waals surface area contributed by atoms with Crippen molar-refractivity contribution in [3.05, 3.63) is 93.5 Å². The number of benzene rings is 3. The number of carboxylic acid groups (broad SMARTS) is 1. The largest absolute Gasteiger partial charge is 0.482 e. The van der Waals surface area contributed by atoms with Crippen LogP contribution in [-0.2, 0) is 37.3 Å². The lowest BCUT2D eigenvalue weighted by atomic mass is 10.0. The third-order valence-corrected chi connectivity index (χ3v) is 7.39. The molecule has 0 aliphatic rings. The van der Waals surface area contributed by atoms with Gasteiger partial charge in [0.2, 0.25) is 10.0 Å². The van der Waals surface area contributed by atoms with Gasteiger partial charge in [-0.3, -0.25) is 4.79 Å². The van der Waals surface area contributed by atoms with Crippen LogP contribution in [0.2, 0.25) is 10.0 Å². The van der Waals surface area contributed by atoms with E-state index in [1.807, 2.05) is 0 Å². The van der Waals surface area contributed by atoms with E-state index in [9.17, 15) is 27.9 Å². The molecule has 3 aromatic rings. The molecular formula is C29H30Cl2N2O8S. The van der Waals surface area contributed by atoms with Crippen LogP contribution in [0.4, 0.5) is 0 Å². The Balaban J connectivity index is 1.55. The van der Waals surface area contributed by atoms with Crippen LogP contribution in [0.3, 0.4) is 0 Å². The first kappa shape index (κ1) is 32.9. The molecule has 0 bridgehead atoms. The SMILES string of the molecule is CC(C)(C)OC(=O)COc1ccc(C[C@H](NC(=O)c2ccc(CNS(=O)(=O)c3cc(Cl)cc(Cl)c3)cc2)C(=O)O)cc1. The monoisotopic (exact) mass is 636 g/mol. The summed E-state index contributed by atoms with van der Waals surface area (Å²) in [5.74, 6) is -1.95. The molecule has 0 aliphatic heterocycles. The minimum absolute atomic E-state index is 0.000795. The van der Waals surface area contributed by atoms with Gasteiger partial charge in [0, 0.05) is 28.6 Å². The van der Waals surface area contributed by atoms with Crippen molar-refractivity contribution in [3.63, 3.8) is 0 Å². The summed E-state index contributed by atoms with van der Waals surface area (Å²) in [7, 11) is -3.89. The number of nitrogens with one attached hydrogen (secondary N) is 2. The van der Waals surface area contributed by atoms with Gasteiger partial charge in [-0.05, 0) is 74.4 Å². The Morgan fingerprint density at radius 1 is 0.905 bits per heavy atom. The second kappa shape index (κ2) is 14.0. The number of hydrogen-bond donors (Lipinski definition) is 3. The molecule has 224 valence electrons. The average Bonchev–Trinajstić information content (AvgIpc) is 2.90. The van der Waals surface area contributed by atoms with E-state index >= 15 is 0 Å². The predicted octanol–water partition coefficient (Wildman–Crippen LogP) is 4.62. The molecule has 0 aliphatic carbocycles. The second-order valence-corrected chi connectivity index (χ2v) is 12.9. The number of carbonyl (C=O) groups is 3. The van der Waals surface area contributed by atoms with Crippen molar-refractivity contribution >= 4 is 51.1 Å². The van der Waals surface area contributed by atoms with Gasteiger partial charge in [-0.15, -0.1) is 0 Å². The number of aliphatic carboxylic acids is 1. The predicted molar refractivity (Wildman–Crippen MR) is 157 cm³/mol. The van der Waals surface area contributed by atoms with Crippen LogP contribution in [0.25, 0.3) is 0 Å². The number of amides is 1. The van der Waals surface area contributed by atoms with Gasteiger partial charge in [0.05, 0.1) is 4.90 Å². The molecule has 0 fully saturated rings. The molecular weight excluding hydrogens is 607 g/mol. The zero-order valence-electron chi connectivity index (χ0n) is 23.0. The summed E-state index contributed by atoms with van der Waals surface area (Å²) in [6.45, 7) is 4.92. The maximum Gasteiger partial charge on any atom is 0.344 e. The Bertz CT molecular complexity index is 1520. The van der Waals surface area contributed by atoms with Crippen LogP contribution in [0.15, 0.2) is 71.6 Å². The Morgan fingerprint density at radius 3 is 2.02 bits per heavy atom. The number of carbonyl (C=O) groups excluding carboxylic acids is 2. The van der Waals surface area contributed by atoms with Gasteiger partial charge < -0.3 is 19.9 Å². The lowest BCUT2D eigenvalue weighted by molar-refractivity contribution is -0.157. The smallest absolute Gasteiger partial charge is 0.344 e. The van der Waals surface area contributed by atoms with E-state index in [0.717, 1.165) is 0 Å². The first-order chi connectivity index (χ1) is 19.6.